The molecule has 222 valence electrons. The molecular formula is C29H29F2N3O7S. The van der Waals surface area contributed by atoms with Gasteiger partial charge in [0.05, 0.1) is 20.3 Å². The van der Waals surface area contributed by atoms with Crippen molar-refractivity contribution in [1.82, 2.24) is 9.58 Å². The molecule has 13 heteroatoms. The van der Waals surface area contributed by atoms with Crippen LogP contribution in [0.1, 0.15) is 27.2 Å². The average molecular weight is 602 g/mol. The van der Waals surface area contributed by atoms with Crippen molar-refractivity contribution in [3.8, 4) is 5.75 Å². The lowest BCUT2D eigenvalue weighted by Gasteiger charge is -2.41. The maximum absolute atomic E-state index is 13.7. The number of rotatable bonds is 3. The van der Waals surface area contributed by atoms with E-state index in [9.17, 15) is 23.2 Å². The summed E-state index contributed by atoms with van der Waals surface area (Å²) in [5.74, 6) is -1.50. The number of morpholine rings is 1. The first-order valence-corrected chi connectivity index (χ1v) is 13.8. The number of fused-ring (bicyclic) bond motifs is 4. The number of carbonyl (C=O) groups is 2. The van der Waals surface area contributed by atoms with Crippen molar-refractivity contribution < 1.29 is 37.3 Å². The Morgan fingerprint density at radius 3 is 2.71 bits per heavy atom. The van der Waals surface area contributed by atoms with E-state index >= 15 is 0 Å². The molecule has 1 atom stereocenters. The molecule has 10 nitrogen and oxygen atoms in total. The summed E-state index contributed by atoms with van der Waals surface area (Å²) in [6.07, 6.45) is 0.851. The predicted molar refractivity (Wildman–Crippen MR) is 151 cm³/mol. The number of ether oxygens (including phenoxy) is 4. The average Bonchev–Trinajstić information content (AvgIpc) is 3.21. The number of hydrogen-bond donors (Lipinski definition) is 1. The topological polar surface area (TPSA) is 108 Å². The molecule has 6 rings (SSSR count). The van der Waals surface area contributed by atoms with Crippen molar-refractivity contribution in [2.75, 3.05) is 39.1 Å². The van der Waals surface area contributed by atoms with Gasteiger partial charge in [-0.2, -0.15) is 0 Å². The fourth-order valence-corrected chi connectivity index (χ4v) is 5.62. The maximum Gasteiger partial charge on any atom is 0.510 e. The molecule has 0 spiro atoms. The van der Waals surface area contributed by atoms with Gasteiger partial charge >= 0.3 is 6.16 Å². The number of hydrogen-bond acceptors (Lipinski definition) is 9. The lowest BCUT2D eigenvalue weighted by atomic mass is 10.0. The second-order valence-corrected chi connectivity index (χ2v) is 9.90. The molecule has 0 saturated carbocycles. The van der Waals surface area contributed by atoms with Crippen LogP contribution in [0.15, 0.2) is 71.5 Å². The third kappa shape index (κ3) is 6.58. The quantitative estimate of drug-likeness (QED) is 0.267. The monoisotopic (exact) mass is 601 g/mol. The molecule has 0 unspecified atom stereocenters. The van der Waals surface area contributed by atoms with Crippen molar-refractivity contribution in [2.24, 2.45) is 0 Å². The van der Waals surface area contributed by atoms with E-state index in [0.29, 0.717) is 37.5 Å². The van der Waals surface area contributed by atoms with E-state index < -0.39 is 30.0 Å². The number of nitrogens with zero attached hydrogens (tertiary/aromatic N) is 2. The SMILES string of the molecule is C=C.COC(=O)OCOc1c2n(ccc1=O)N[C@@H]1COCCN1C2=O.Fc1ccc2c(c1F)CSc1ccccc1C2. The van der Waals surface area contributed by atoms with Gasteiger partial charge in [0, 0.05) is 35.0 Å². The summed E-state index contributed by atoms with van der Waals surface area (Å²) >= 11 is 1.57. The number of methoxy groups -OCH3 is 1. The zero-order valence-corrected chi connectivity index (χ0v) is 23.6. The summed E-state index contributed by atoms with van der Waals surface area (Å²) in [6.45, 7) is 6.62. The third-order valence-electron chi connectivity index (χ3n) is 6.50. The van der Waals surface area contributed by atoms with E-state index in [4.69, 9.17) is 9.47 Å². The predicted octanol–water partition coefficient (Wildman–Crippen LogP) is 4.29. The highest BCUT2D eigenvalue weighted by atomic mass is 32.2. The fourth-order valence-electron chi connectivity index (χ4n) is 4.51. The van der Waals surface area contributed by atoms with Crippen LogP contribution in [0.4, 0.5) is 13.6 Å². The van der Waals surface area contributed by atoms with Crippen molar-refractivity contribution in [3.05, 3.63) is 106 Å². The number of benzene rings is 2. The molecule has 2 aromatic carbocycles. The highest BCUT2D eigenvalue weighted by molar-refractivity contribution is 7.98. The van der Waals surface area contributed by atoms with Crippen molar-refractivity contribution in [2.45, 2.75) is 23.2 Å². The summed E-state index contributed by atoms with van der Waals surface area (Å²) < 4.78 is 47.7. The second-order valence-electron chi connectivity index (χ2n) is 8.88. The molecule has 0 radical (unpaired) electrons. The zero-order valence-electron chi connectivity index (χ0n) is 22.8. The summed E-state index contributed by atoms with van der Waals surface area (Å²) in [5, 5.41) is 0. The molecule has 4 heterocycles. The Labute approximate surface area is 244 Å². The molecular weight excluding hydrogens is 572 g/mol. The molecule has 1 aromatic heterocycles. The first-order chi connectivity index (χ1) is 20.4. The van der Waals surface area contributed by atoms with Gasteiger partial charge in [-0.05, 0) is 29.7 Å². The highest BCUT2D eigenvalue weighted by Gasteiger charge is 2.37. The Morgan fingerprint density at radius 1 is 1.14 bits per heavy atom. The Hall–Kier alpha value is -4.36. The van der Waals surface area contributed by atoms with Crippen LogP contribution in [0.5, 0.6) is 5.75 Å². The number of carbonyl (C=O) groups excluding carboxylic acids is 2. The summed E-state index contributed by atoms with van der Waals surface area (Å²) in [7, 11) is 1.15. The lowest BCUT2D eigenvalue weighted by Crippen LogP contribution is -2.59. The summed E-state index contributed by atoms with van der Waals surface area (Å²) in [4.78, 5) is 38.3. The number of thioether (sulfide) groups is 1. The minimum absolute atomic E-state index is 0.0455. The Morgan fingerprint density at radius 2 is 1.93 bits per heavy atom. The van der Waals surface area contributed by atoms with Gasteiger partial charge in [0.2, 0.25) is 18.0 Å². The van der Waals surface area contributed by atoms with E-state index in [1.54, 1.807) is 22.7 Å². The maximum atomic E-state index is 13.7. The molecule has 1 saturated heterocycles. The molecule has 3 aliphatic heterocycles. The van der Waals surface area contributed by atoms with Crippen LogP contribution in [0.25, 0.3) is 0 Å². The van der Waals surface area contributed by atoms with Gasteiger partial charge in [-0.3, -0.25) is 14.3 Å². The van der Waals surface area contributed by atoms with Gasteiger partial charge in [-0.15, -0.1) is 24.9 Å². The number of halogens is 2. The molecule has 1 fully saturated rings. The first-order valence-electron chi connectivity index (χ1n) is 12.8. The smallest absolute Gasteiger partial charge is 0.451 e. The van der Waals surface area contributed by atoms with Gasteiger partial charge in [-0.25, -0.2) is 13.6 Å². The van der Waals surface area contributed by atoms with Gasteiger partial charge in [0.1, 0.15) is 6.17 Å². The van der Waals surface area contributed by atoms with Crippen LogP contribution in [0, 0.1) is 11.6 Å². The van der Waals surface area contributed by atoms with E-state index in [1.807, 2.05) is 24.3 Å². The normalized spacial score (nSPS) is 16.2. The molecule has 0 aliphatic carbocycles. The molecule has 3 aliphatic rings. The van der Waals surface area contributed by atoms with E-state index in [1.165, 1.54) is 28.6 Å². The summed E-state index contributed by atoms with van der Waals surface area (Å²) in [5.41, 5.74) is 5.18. The van der Waals surface area contributed by atoms with E-state index in [2.05, 4.69) is 28.1 Å². The van der Waals surface area contributed by atoms with Gasteiger partial charge in [0.15, 0.2) is 17.3 Å². The molecule has 1 amide bonds. The molecule has 3 aromatic rings. The van der Waals surface area contributed by atoms with Crippen LogP contribution in [-0.2, 0) is 26.4 Å². The van der Waals surface area contributed by atoms with Gasteiger partial charge in [0.25, 0.3) is 5.91 Å². The number of pyridine rings is 1. The van der Waals surface area contributed by atoms with Crippen LogP contribution in [-0.4, -0.2) is 61.5 Å². The fraction of sp³-hybridized carbons (Fsp3) is 0.276. The Bertz CT molecular complexity index is 1520. The third-order valence-corrected chi connectivity index (χ3v) is 7.64. The van der Waals surface area contributed by atoms with E-state index in [0.717, 1.165) is 17.6 Å². The van der Waals surface area contributed by atoms with Gasteiger partial charge < -0.3 is 29.3 Å². The molecule has 1 N–H and O–H groups in total. The Balaban J connectivity index is 0.000000189. The Kier molecular flexibility index (Phi) is 10.2. The first kappa shape index (κ1) is 30.6. The standard InChI is InChI=1S/C14H10F2S.C13H15N3O7.C2H4/c15-12-6-5-9-7-10-3-1-2-4-13(10)17-8-11(9)14(12)16;1-20-13(19)23-7-22-11-8(17)2-3-16-10(11)12(18)15-4-5-21-6-9(15)14-16;1-2/h1-6H,7-8H2;2-3,9,14H,4-7H2,1H3;1-2H2/t;9-;/m.0./s1. The molecule has 0 bridgehead atoms. The number of nitrogens with one attached hydrogen (secondary N) is 1. The van der Waals surface area contributed by atoms with Crippen molar-refractivity contribution >= 4 is 23.8 Å². The van der Waals surface area contributed by atoms with Crippen LogP contribution in [0.3, 0.4) is 0 Å². The van der Waals surface area contributed by atoms with Crippen molar-refractivity contribution in [3.63, 3.8) is 0 Å². The van der Waals surface area contributed by atoms with Crippen LogP contribution >= 0.6 is 11.8 Å². The highest BCUT2D eigenvalue weighted by Crippen LogP contribution is 2.35. The van der Waals surface area contributed by atoms with Gasteiger partial charge in [-0.1, -0.05) is 24.3 Å². The second kappa shape index (κ2) is 14.0. The zero-order chi connectivity index (χ0) is 30.2. The van der Waals surface area contributed by atoms with E-state index in [-0.39, 0.29) is 23.5 Å². The number of amides is 1. The largest absolute Gasteiger partial charge is 0.510 e. The summed E-state index contributed by atoms with van der Waals surface area (Å²) in [6, 6.07) is 12.2. The van der Waals surface area contributed by atoms with Crippen molar-refractivity contribution in [1.29, 1.82) is 0 Å². The minimum atomic E-state index is -0.951. The van der Waals surface area contributed by atoms with Crippen LogP contribution < -0.4 is 15.6 Å². The minimum Gasteiger partial charge on any atom is -0.451 e. The van der Waals surface area contributed by atoms with Crippen LogP contribution in [0.2, 0.25) is 0 Å². The number of aromatic nitrogens is 1. The lowest BCUT2D eigenvalue weighted by molar-refractivity contribution is -0.00495. The molecule has 42 heavy (non-hydrogen) atoms.